The maximum Gasteiger partial charge on any atom is 0.313 e. The van der Waals surface area contributed by atoms with Crippen LogP contribution in [0.15, 0.2) is 24.3 Å². The molecule has 0 aliphatic carbocycles. The molecule has 2 amide bonds. The summed E-state index contributed by atoms with van der Waals surface area (Å²) in [6.45, 7) is 0. The first-order chi connectivity index (χ1) is 6.63. The van der Waals surface area contributed by atoms with Crippen molar-refractivity contribution in [1.29, 1.82) is 5.26 Å². The Bertz CT molecular complexity index is 420. The zero-order valence-electron chi connectivity index (χ0n) is 7.15. The number of rotatable bonds is 1. The molecule has 1 rings (SSSR count). The monoisotopic (exact) mass is 189 g/mol. The van der Waals surface area contributed by atoms with Gasteiger partial charge in [-0.3, -0.25) is 9.59 Å². The largest absolute Gasteiger partial charge is 0.361 e. The number of amides is 2. The van der Waals surface area contributed by atoms with E-state index >= 15 is 0 Å². The summed E-state index contributed by atoms with van der Waals surface area (Å²) in [6, 6.07) is 8.08. The van der Waals surface area contributed by atoms with Crippen molar-refractivity contribution in [2.24, 2.45) is 5.73 Å². The van der Waals surface area contributed by atoms with E-state index in [0.29, 0.717) is 11.3 Å². The molecule has 0 heterocycles. The van der Waals surface area contributed by atoms with Crippen LogP contribution in [-0.4, -0.2) is 11.8 Å². The quantitative estimate of drug-likeness (QED) is 0.607. The van der Waals surface area contributed by atoms with Gasteiger partial charge in [0.25, 0.3) is 0 Å². The molecule has 3 N–H and O–H groups in total. The molecule has 0 aliphatic rings. The van der Waals surface area contributed by atoms with Crippen LogP contribution in [0.3, 0.4) is 0 Å². The normalized spacial score (nSPS) is 8.79. The number of hydrogen-bond acceptors (Lipinski definition) is 3. The van der Waals surface area contributed by atoms with Crippen molar-refractivity contribution in [1.82, 2.24) is 0 Å². The molecule has 0 aliphatic heterocycles. The minimum absolute atomic E-state index is 0.368. The van der Waals surface area contributed by atoms with Crippen LogP contribution in [0.2, 0.25) is 0 Å². The Balaban J connectivity index is 2.83. The Morgan fingerprint density at radius 3 is 2.71 bits per heavy atom. The molecule has 5 nitrogen and oxygen atoms in total. The van der Waals surface area contributed by atoms with Gasteiger partial charge in [-0.05, 0) is 18.2 Å². The van der Waals surface area contributed by atoms with Crippen LogP contribution in [0.4, 0.5) is 5.69 Å². The van der Waals surface area contributed by atoms with Gasteiger partial charge in [0.05, 0.1) is 11.6 Å². The second-order valence-electron chi connectivity index (χ2n) is 2.51. The predicted octanol–water partition coefficient (Wildman–Crippen LogP) is -0.0179. The number of nitriles is 1. The van der Waals surface area contributed by atoms with Crippen molar-refractivity contribution >= 4 is 17.5 Å². The first kappa shape index (κ1) is 9.74. The van der Waals surface area contributed by atoms with Gasteiger partial charge in [0, 0.05) is 5.69 Å². The molecule has 0 radical (unpaired) electrons. The lowest BCUT2D eigenvalue weighted by Crippen LogP contribution is -2.29. The highest BCUT2D eigenvalue weighted by Gasteiger charge is 2.08. The summed E-state index contributed by atoms with van der Waals surface area (Å²) in [5.41, 5.74) is 5.50. The fraction of sp³-hybridized carbons (Fsp3) is 0. The van der Waals surface area contributed by atoms with Crippen LogP contribution in [-0.2, 0) is 9.59 Å². The fourth-order valence-electron chi connectivity index (χ4n) is 0.859. The third-order valence-electron chi connectivity index (χ3n) is 1.47. The van der Waals surface area contributed by atoms with Gasteiger partial charge >= 0.3 is 11.8 Å². The Morgan fingerprint density at radius 2 is 2.14 bits per heavy atom. The van der Waals surface area contributed by atoms with Crippen LogP contribution in [0.5, 0.6) is 0 Å². The first-order valence-electron chi connectivity index (χ1n) is 3.74. The summed E-state index contributed by atoms with van der Waals surface area (Å²) >= 11 is 0. The molecule has 0 aromatic heterocycles. The number of nitrogens with two attached hydrogens (primary N) is 1. The van der Waals surface area contributed by atoms with Gasteiger partial charge in [-0.15, -0.1) is 0 Å². The van der Waals surface area contributed by atoms with Crippen LogP contribution in [0.1, 0.15) is 5.56 Å². The van der Waals surface area contributed by atoms with E-state index in [0.717, 1.165) is 0 Å². The van der Waals surface area contributed by atoms with E-state index in [9.17, 15) is 9.59 Å². The Labute approximate surface area is 80.1 Å². The molecule has 0 saturated heterocycles. The lowest BCUT2D eigenvalue weighted by molar-refractivity contribution is -0.134. The van der Waals surface area contributed by atoms with E-state index in [1.165, 1.54) is 6.07 Å². The zero-order chi connectivity index (χ0) is 10.6. The van der Waals surface area contributed by atoms with Crippen molar-refractivity contribution < 1.29 is 9.59 Å². The predicted molar refractivity (Wildman–Crippen MR) is 49.0 cm³/mol. The van der Waals surface area contributed by atoms with E-state index in [1.807, 2.05) is 6.07 Å². The third kappa shape index (κ3) is 2.32. The number of carbonyl (C=O) groups excluding carboxylic acids is 2. The van der Waals surface area contributed by atoms with E-state index in [1.54, 1.807) is 18.2 Å². The highest BCUT2D eigenvalue weighted by Crippen LogP contribution is 2.09. The number of carbonyl (C=O) groups is 2. The summed E-state index contributed by atoms with van der Waals surface area (Å²) in [5, 5.41) is 10.8. The molecule has 0 atom stereocenters. The topological polar surface area (TPSA) is 96.0 Å². The van der Waals surface area contributed by atoms with Gasteiger partial charge in [-0.2, -0.15) is 5.26 Å². The minimum atomic E-state index is -1.06. The van der Waals surface area contributed by atoms with Gasteiger partial charge in [0.2, 0.25) is 0 Å². The van der Waals surface area contributed by atoms with Gasteiger partial charge in [0.15, 0.2) is 0 Å². The molecular formula is C9H7N3O2. The molecule has 1 aromatic carbocycles. The fourth-order valence-corrected chi connectivity index (χ4v) is 0.859. The standard InChI is InChI=1S/C9H7N3O2/c10-5-6-2-1-3-7(4-6)12-9(14)8(11)13/h1-4H,(H2,11,13)(H,12,14). The SMILES string of the molecule is N#Cc1cccc(NC(=O)C(N)=O)c1. The maximum atomic E-state index is 10.8. The summed E-state index contributed by atoms with van der Waals surface area (Å²) in [5.74, 6) is -1.97. The lowest BCUT2D eigenvalue weighted by Gasteiger charge is -2.01. The Kier molecular flexibility index (Phi) is 2.82. The number of nitrogens with one attached hydrogen (secondary N) is 1. The molecule has 70 valence electrons. The molecule has 0 fully saturated rings. The second-order valence-corrected chi connectivity index (χ2v) is 2.51. The van der Waals surface area contributed by atoms with Crippen LogP contribution < -0.4 is 11.1 Å². The zero-order valence-corrected chi connectivity index (χ0v) is 7.15. The van der Waals surface area contributed by atoms with E-state index in [4.69, 9.17) is 11.0 Å². The highest BCUT2D eigenvalue weighted by molar-refractivity contribution is 6.39. The first-order valence-corrected chi connectivity index (χ1v) is 3.74. The van der Waals surface area contributed by atoms with Crippen LogP contribution in [0, 0.1) is 11.3 Å². The summed E-state index contributed by atoms with van der Waals surface area (Å²) < 4.78 is 0. The molecule has 0 spiro atoms. The van der Waals surface area contributed by atoms with E-state index < -0.39 is 11.8 Å². The molecular weight excluding hydrogens is 182 g/mol. The van der Waals surface area contributed by atoms with Gasteiger partial charge in [-0.25, -0.2) is 0 Å². The smallest absolute Gasteiger partial charge is 0.313 e. The average Bonchev–Trinajstić information content (AvgIpc) is 2.18. The third-order valence-corrected chi connectivity index (χ3v) is 1.47. The minimum Gasteiger partial charge on any atom is -0.361 e. The Hall–Kier alpha value is -2.35. The molecule has 1 aromatic rings. The van der Waals surface area contributed by atoms with Crippen molar-refractivity contribution in [2.75, 3.05) is 5.32 Å². The van der Waals surface area contributed by atoms with Gasteiger partial charge < -0.3 is 11.1 Å². The lowest BCUT2D eigenvalue weighted by atomic mass is 10.2. The van der Waals surface area contributed by atoms with Crippen molar-refractivity contribution in [3.63, 3.8) is 0 Å². The molecule has 0 unspecified atom stereocenters. The number of primary amides is 1. The van der Waals surface area contributed by atoms with E-state index in [-0.39, 0.29) is 0 Å². The Morgan fingerprint density at radius 1 is 1.43 bits per heavy atom. The molecule has 0 saturated carbocycles. The molecule has 14 heavy (non-hydrogen) atoms. The van der Waals surface area contributed by atoms with Gasteiger partial charge in [0.1, 0.15) is 0 Å². The van der Waals surface area contributed by atoms with E-state index in [2.05, 4.69) is 5.32 Å². The second kappa shape index (κ2) is 4.05. The van der Waals surface area contributed by atoms with Gasteiger partial charge in [-0.1, -0.05) is 6.07 Å². The summed E-state index contributed by atoms with van der Waals surface area (Å²) in [4.78, 5) is 21.2. The summed E-state index contributed by atoms with van der Waals surface area (Å²) in [6.07, 6.45) is 0. The number of anilines is 1. The van der Waals surface area contributed by atoms with Crippen molar-refractivity contribution in [3.8, 4) is 6.07 Å². The maximum absolute atomic E-state index is 10.8. The average molecular weight is 189 g/mol. The number of nitrogens with zero attached hydrogens (tertiary/aromatic N) is 1. The van der Waals surface area contributed by atoms with Crippen molar-refractivity contribution in [2.45, 2.75) is 0 Å². The highest BCUT2D eigenvalue weighted by atomic mass is 16.2. The van der Waals surface area contributed by atoms with Crippen molar-refractivity contribution in [3.05, 3.63) is 29.8 Å². The molecule has 0 bridgehead atoms. The number of benzene rings is 1. The summed E-state index contributed by atoms with van der Waals surface area (Å²) in [7, 11) is 0. The molecule has 5 heteroatoms. The number of hydrogen-bond donors (Lipinski definition) is 2. The van der Waals surface area contributed by atoms with Crippen LogP contribution in [0.25, 0.3) is 0 Å². The van der Waals surface area contributed by atoms with Crippen LogP contribution >= 0.6 is 0 Å².